The Morgan fingerprint density at radius 2 is 2.11 bits per heavy atom. The van der Waals surface area contributed by atoms with Gasteiger partial charge in [-0.25, -0.2) is 15.0 Å². The highest BCUT2D eigenvalue weighted by atomic mass is 16.5. The molecular formula is C13H10N4O. The van der Waals surface area contributed by atoms with Crippen molar-refractivity contribution >= 4 is 5.65 Å². The summed E-state index contributed by atoms with van der Waals surface area (Å²) in [5.41, 5.74) is 5.03. The van der Waals surface area contributed by atoms with E-state index in [4.69, 9.17) is 4.74 Å². The number of fused-ring (bicyclic) bond motifs is 2. The fraction of sp³-hybridized carbons (Fsp3) is 0.154. The van der Waals surface area contributed by atoms with Gasteiger partial charge in [0.05, 0.1) is 24.6 Å². The van der Waals surface area contributed by atoms with Crippen molar-refractivity contribution in [2.24, 2.45) is 0 Å². The number of aromatic nitrogens is 4. The summed E-state index contributed by atoms with van der Waals surface area (Å²) in [6, 6.07) is 4.02. The first kappa shape index (κ1) is 9.73. The Hall–Kier alpha value is -2.27. The summed E-state index contributed by atoms with van der Waals surface area (Å²) in [4.78, 5) is 12.9. The second-order valence-electron chi connectivity index (χ2n) is 4.25. The molecule has 3 aromatic rings. The predicted molar refractivity (Wildman–Crippen MR) is 64.7 cm³/mol. The molecule has 0 amide bonds. The lowest BCUT2D eigenvalue weighted by molar-refractivity contribution is 0.133. The highest BCUT2D eigenvalue weighted by molar-refractivity contribution is 5.65. The zero-order valence-electron chi connectivity index (χ0n) is 9.58. The third-order valence-electron chi connectivity index (χ3n) is 3.18. The molecule has 0 radical (unpaired) electrons. The molecular weight excluding hydrogens is 228 g/mol. The fourth-order valence-electron chi connectivity index (χ4n) is 2.28. The number of ether oxygens (including phenoxy) is 1. The first-order chi connectivity index (χ1) is 8.92. The van der Waals surface area contributed by atoms with Crippen LogP contribution >= 0.6 is 0 Å². The van der Waals surface area contributed by atoms with Crippen LogP contribution in [0.15, 0.2) is 37.1 Å². The maximum absolute atomic E-state index is 5.43. The zero-order valence-corrected chi connectivity index (χ0v) is 9.58. The van der Waals surface area contributed by atoms with E-state index >= 15 is 0 Å². The molecule has 0 saturated heterocycles. The van der Waals surface area contributed by atoms with Crippen LogP contribution in [0, 0.1) is 0 Å². The molecule has 0 atom stereocenters. The highest BCUT2D eigenvalue weighted by Crippen LogP contribution is 2.27. The Labute approximate surface area is 103 Å². The van der Waals surface area contributed by atoms with Gasteiger partial charge >= 0.3 is 0 Å². The maximum Gasteiger partial charge on any atom is 0.136 e. The third kappa shape index (κ3) is 1.34. The molecule has 0 aliphatic carbocycles. The molecule has 0 aromatic carbocycles. The predicted octanol–water partition coefficient (Wildman–Crippen LogP) is 1.82. The van der Waals surface area contributed by atoms with E-state index in [0.29, 0.717) is 13.2 Å². The molecule has 0 N–H and O–H groups in total. The lowest BCUT2D eigenvalue weighted by Gasteiger charge is -2.06. The van der Waals surface area contributed by atoms with E-state index in [2.05, 4.69) is 15.0 Å². The molecule has 1 aliphatic rings. The molecule has 18 heavy (non-hydrogen) atoms. The smallest absolute Gasteiger partial charge is 0.136 e. The molecule has 0 spiro atoms. The number of rotatable bonds is 1. The normalized spacial score (nSPS) is 14.0. The lowest BCUT2D eigenvalue weighted by atomic mass is 10.1. The minimum absolute atomic E-state index is 0.582. The van der Waals surface area contributed by atoms with Gasteiger partial charge in [-0.2, -0.15) is 0 Å². The molecule has 0 unspecified atom stereocenters. The van der Waals surface area contributed by atoms with Gasteiger partial charge in [-0.15, -0.1) is 0 Å². The van der Waals surface area contributed by atoms with Crippen molar-refractivity contribution in [2.75, 3.05) is 0 Å². The Kier molecular flexibility index (Phi) is 1.95. The fourth-order valence-corrected chi connectivity index (χ4v) is 2.28. The highest BCUT2D eigenvalue weighted by Gasteiger charge is 2.18. The van der Waals surface area contributed by atoms with Crippen LogP contribution in [-0.2, 0) is 18.0 Å². The van der Waals surface area contributed by atoms with Crippen molar-refractivity contribution in [3.8, 4) is 11.3 Å². The van der Waals surface area contributed by atoms with Gasteiger partial charge in [-0.1, -0.05) is 0 Å². The summed E-state index contributed by atoms with van der Waals surface area (Å²) >= 11 is 0. The van der Waals surface area contributed by atoms with Crippen molar-refractivity contribution in [3.63, 3.8) is 0 Å². The monoisotopic (exact) mass is 238 g/mol. The summed E-state index contributed by atoms with van der Waals surface area (Å²) in [6.45, 7) is 1.17. The van der Waals surface area contributed by atoms with Crippen LogP contribution in [0.4, 0.5) is 0 Å². The van der Waals surface area contributed by atoms with Gasteiger partial charge in [-0.3, -0.25) is 0 Å². The molecule has 4 heterocycles. The van der Waals surface area contributed by atoms with Crippen molar-refractivity contribution in [2.45, 2.75) is 13.2 Å². The summed E-state index contributed by atoms with van der Waals surface area (Å²) in [5.74, 6) is 0. The van der Waals surface area contributed by atoms with Crippen molar-refractivity contribution in [3.05, 3.63) is 48.3 Å². The number of nitrogens with zero attached hydrogens (tertiary/aromatic N) is 4. The van der Waals surface area contributed by atoms with E-state index in [9.17, 15) is 0 Å². The first-order valence-corrected chi connectivity index (χ1v) is 5.75. The minimum Gasteiger partial charge on any atom is -0.370 e. The molecule has 88 valence electrons. The Bertz CT molecular complexity index is 735. The third-order valence-corrected chi connectivity index (χ3v) is 3.18. The topological polar surface area (TPSA) is 52.3 Å². The second-order valence-corrected chi connectivity index (χ2v) is 4.25. The first-order valence-electron chi connectivity index (χ1n) is 5.75. The molecule has 0 fully saturated rings. The van der Waals surface area contributed by atoms with Gasteiger partial charge in [0, 0.05) is 29.7 Å². The molecule has 5 nitrogen and oxygen atoms in total. The largest absolute Gasteiger partial charge is 0.370 e. The number of imidazole rings is 1. The molecule has 0 saturated carbocycles. The van der Waals surface area contributed by atoms with E-state index in [1.807, 2.05) is 28.9 Å². The van der Waals surface area contributed by atoms with Crippen LogP contribution in [0.25, 0.3) is 16.9 Å². The SMILES string of the molecule is c1nc2c(c(-c3ccc4nccn4c3)n1)COC2. The van der Waals surface area contributed by atoms with Gasteiger partial charge in [0.1, 0.15) is 12.0 Å². The standard InChI is InChI=1S/C13H10N4O/c1-2-12-14-3-4-17(12)5-9(1)13-10-6-18-7-11(10)15-8-16-13/h1-5,8H,6-7H2. The zero-order chi connectivity index (χ0) is 11.9. The number of pyridine rings is 1. The van der Waals surface area contributed by atoms with Gasteiger partial charge in [-0.05, 0) is 12.1 Å². The molecule has 0 bridgehead atoms. The van der Waals surface area contributed by atoms with Crippen molar-refractivity contribution in [1.82, 2.24) is 19.4 Å². The van der Waals surface area contributed by atoms with E-state index in [0.717, 1.165) is 28.2 Å². The van der Waals surface area contributed by atoms with E-state index < -0.39 is 0 Å². The van der Waals surface area contributed by atoms with Crippen LogP contribution in [-0.4, -0.2) is 19.4 Å². The molecule has 5 heteroatoms. The molecule has 3 aromatic heterocycles. The number of hydrogen-bond donors (Lipinski definition) is 0. The average molecular weight is 238 g/mol. The van der Waals surface area contributed by atoms with Crippen LogP contribution < -0.4 is 0 Å². The minimum atomic E-state index is 0.582. The maximum atomic E-state index is 5.43. The van der Waals surface area contributed by atoms with Gasteiger partial charge in [0.25, 0.3) is 0 Å². The van der Waals surface area contributed by atoms with Gasteiger partial charge in [0.15, 0.2) is 0 Å². The van der Waals surface area contributed by atoms with Crippen LogP contribution in [0.2, 0.25) is 0 Å². The van der Waals surface area contributed by atoms with Crippen LogP contribution in [0.1, 0.15) is 11.3 Å². The quantitative estimate of drug-likeness (QED) is 0.649. The summed E-state index contributed by atoms with van der Waals surface area (Å²) in [6.07, 6.45) is 7.34. The van der Waals surface area contributed by atoms with E-state index in [1.54, 1.807) is 12.5 Å². The Morgan fingerprint density at radius 1 is 1.11 bits per heavy atom. The number of hydrogen-bond acceptors (Lipinski definition) is 4. The lowest BCUT2D eigenvalue weighted by Crippen LogP contribution is -1.96. The Morgan fingerprint density at radius 3 is 3.11 bits per heavy atom. The van der Waals surface area contributed by atoms with Crippen LogP contribution in [0.3, 0.4) is 0 Å². The van der Waals surface area contributed by atoms with E-state index in [1.165, 1.54) is 0 Å². The van der Waals surface area contributed by atoms with E-state index in [-0.39, 0.29) is 0 Å². The van der Waals surface area contributed by atoms with Crippen LogP contribution in [0.5, 0.6) is 0 Å². The van der Waals surface area contributed by atoms with Crippen molar-refractivity contribution < 1.29 is 4.74 Å². The van der Waals surface area contributed by atoms with Gasteiger partial charge < -0.3 is 9.14 Å². The average Bonchev–Trinajstić information content (AvgIpc) is 3.05. The van der Waals surface area contributed by atoms with Gasteiger partial charge in [0.2, 0.25) is 0 Å². The summed E-state index contributed by atoms with van der Waals surface area (Å²) < 4.78 is 7.41. The van der Waals surface area contributed by atoms with Crippen molar-refractivity contribution in [1.29, 1.82) is 0 Å². The molecule has 4 rings (SSSR count). The Balaban J connectivity index is 1.94. The summed E-state index contributed by atoms with van der Waals surface area (Å²) in [5, 5.41) is 0. The molecule has 1 aliphatic heterocycles. The second kappa shape index (κ2) is 3.61. The summed E-state index contributed by atoms with van der Waals surface area (Å²) in [7, 11) is 0.